The fraction of sp³-hybridized carbons (Fsp3) is 1.00. The summed E-state index contributed by atoms with van der Waals surface area (Å²) in [4.78, 5) is 4.89. The third-order valence-corrected chi connectivity index (χ3v) is 4.00. The van der Waals surface area contributed by atoms with Gasteiger partial charge in [-0.05, 0) is 46.3 Å². The number of nitrogens with two attached hydrogens (primary N) is 1. The maximum atomic E-state index is 6.41. The summed E-state index contributed by atoms with van der Waals surface area (Å²) < 4.78 is 0. The summed E-state index contributed by atoms with van der Waals surface area (Å²) in [5.74, 6) is 0. The lowest BCUT2D eigenvalue weighted by atomic mass is 9.93. The molecule has 96 valence electrons. The topological polar surface area (TPSA) is 32.5 Å². The zero-order valence-electron chi connectivity index (χ0n) is 11.5. The predicted molar refractivity (Wildman–Crippen MR) is 70.6 cm³/mol. The zero-order chi connectivity index (χ0) is 12.2. The van der Waals surface area contributed by atoms with E-state index in [9.17, 15) is 0 Å². The monoisotopic (exact) mass is 227 g/mol. The number of nitrogens with zero attached hydrogens (tertiary/aromatic N) is 2. The lowest BCUT2D eigenvalue weighted by Crippen LogP contribution is -2.52. The molecule has 0 saturated carbocycles. The third-order valence-electron chi connectivity index (χ3n) is 4.00. The highest BCUT2D eigenvalue weighted by atomic mass is 15.2. The van der Waals surface area contributed by atoms with Gasteiger partial charge in [0.15, 0.2) is 0 Å². The van der Waals surface area contributed by atoms with E-state index in [0.717, 1.165) is 25.4 Å². The number of likely N-dealkylation sites (tertiary alicyclic amines) is 1. The Hall–Kier alpha value is -0.120. The van der Waals surface area contributed by atoms with Gasteiger partial charge < -0.3 is 10.6 Å². The van der Waals surface area contributed by atoms with E-state index in [4.69, 9.17) is 5.73 Å². The zero-order valence-corrected chi connectivity index (χ0v) is 11.5. The quantitative estimate of drug-likeness (QED) is 0.747. The van der Waals surface area contributed by atoms with Crippen LogP contribution in [0.15, 0.2) is 0 Å². The molecule has 1 aliphatic heterocycles. The molecule has 0 amide bonds. The van der Waals surface area contributed by atoms with Crippen molar-refractivity contribution in [3.8, 4) is 0 Å². The Morgan fingerprint density at radius 3 is 2.44 bits per heavy atom. The van der Waals surface area contributed by atoms with Crippen molar-refractivity contribution in [3.05, 3.63) is 0 Å². The molecule has 1 aliphatic rings. The van der Waals surface area contributed by atoms with Crippen LogP contribution in [0, 0.1) is 0 Å². The molecule has 0 radical (unpaired) electrons. The molecule has 0 aromatic rings. The fourth-order valence-corrected chi connectivity index (χ4v) is 2.61. The second-order valence-electron chi connectivity index (χ2n) is 5.60. The van der Waals surface area contributed by atoms with E-state index in [1.807, 2.05) is 0 Å². The van der Waals surface area contributed by atoms with E-state index in [1.165, 1.54) is 25.9 Å². The first-order valence-corrected chi connectivity index (χ1v) is 6.68. The Morgan fingerprint density at radius 2 is 1.94 bits per heavy atom. The Morgan fingerprint density at radius 1 is 1.31 bits per heavy atom. The van der Waals surface area contributed by atoms with Gasteiger partial charge in [-0.25, -0.2) is 0 Å². The molecule has 0 bridgehead atoms. The van der Waals surface area contributed by atoms with Crippen LogP contribution in [0.3, 0.4) is 0 Å². The first-order valence-electron chi connectivity index (χ1n) is 6.68. The molecule has 2 N–H and O–H groups in total. The Labute approximate surface area is 101 Å². The summed E-state index contributed by atoms with van der Waals surface area (Å²) in [6.45, 7) is 7.89. The Kier molecular flexibility index (Phi) is 5.22. The molecule has 0 spiro atoms. The highest BCUT2D eigenvalue weighted by Crippen LogP contribution is 2.22. The van der Waals surface area contributed by atoms with E-state index < -0.39 is 0 Å². The van der Waals surface area contributed by atoms with Crippen LogP contribution in [-0.2, 0) is 0 Å². The van der Waals surface area contributed by atoms with Crippen molar-refractivity contribution < 1.29 is 0 Å². The second-order valence-corrected chi connectivity index (χ2v) is 5.60. The van der Waals surface area contributed by atoms with Crippen molar-refractivity contribution in [2.24, 2.45) is 5.73 Å². The Bertz CT molecular complexity index is 199. The van der Waals surface area contributed by atoms with Crippen LogP contribution < -0.4 is 5.73 Å². The van der Waals surface area contributed by atoms with Crippen molar-refractivity contribution in [2.45, 2.75) is 51.1 Å². The molecule has 1 unspecified atom stereocenters. The maximum absolute atomic E-state index is 6.41. The van der Waals surface area contributed by atoms with E-state index in [-0.39, 0.29) is 5.54 Å². The van der Waals surface area contributed by atoms with E-state index in [1.54, 1.807) is 0 Å². The first-order chi connectivity index (χ1) is 7.50. The molecule has 0 aromatic carbocycles. The van der Waals surface area contributed by atoms with E-state index in [0.29, 0.717) is 0 Å². The molecule has 3 heteroatoms. The third kappa shape index (κ3) is 3.72. The normalized spacial score (nSPS) is 23.2. The summed E-state index contributed by atoms with van der Waals surface area (Å²) >= 11 is 0. The van der Waals surface area contributed by atoms with Gasteiger partial charge in [0, 0.05) is 24.7 Å². The molecule has 1 atom stereocenters. The summed E-state index contributed by atoms with van der Waals surface area (Å²) in [6.07, 6.45) is 4.83. The van der Waals surface area contributed by atoms with Crippen LogP contribution in [-0.4, -0.2) is 55.1 Å². The number of rotatable bonds is 6. The molecular formula is C13H29N3. The predicted octanol–water partition coefficient (Wildman–Crippen LogP) is 1.53. The lowest BCUT2D eigenvalue weighted by molar-refractivity contribution is 0.161. The van der Waals surface area contributed by atoms with Crippen molar-refractivity contribution in [2.75, 3.05) is 33.7 Å². The fourth-order valence-electron chi connectivity index (χ4n) is 2.61. The van der Waals surface area contributed by atoms with Crippen molar-refractivity contribution in [1.82, 2.24) is 9.80 Å². The van der Waals surface area contributed by atoms with E-state index >= 15 is 0 Å². The maximum Gasteiger partial charge on any atom is 0.0278 e. The van der Waals surface area contributed by atoms with Gasteiger partial charge in [-0.15, -0.1) is 0 Å². The SMILES string of the molecule is CCC(N)(CC)CN1CCCC1CN(C)C. The molecule has 3 nitrogen and oxygen atoms in total. The average molecular weight is 227 g/mol. The van der Waals surface area contributed by atoms with Gasteiger partial charge in [0.25, 0.3) is 0 Å². The number of hydrogen-bond acceptors (Lipinski definition) is 3. The smallest absolute Gasteiger partial charge is 0.0278 e. The van der Waals surface area contributed by atoms with Crippen LogP contribution in [0.4, 0.5) is 0 Å². The minimum atomic E-state index is 0.0227. The van der Waals surface area contributed by atoms with Crippen LogP contribution in [0.5, 0.6) is 0 Å². The van der Waals surface area contributed by atoms with Gasteiger partial charge in [-0.2, -0.15) is 0 Å². The Balaban J connectivity index is 2.51. The van der Waals surface area contributed by atoms with Crippen LogP contribution in [0.25, 0.3) is 0 Å². The number of likely N-dealkylation sites (N-methyl/N-ethyl adjacent to an activating group) is 1. The van der Waals surface area contributed by atoms with E-state index in [2.05, 4.69) is 37.7 Å². The van der Waals surface area contributed by atoms with Gasteiger partial charge >= 0.3 is 0 Å². The highest BCUT2D eigenvalue weighted by molar-refractivity contribution is 4.90. The summed E-state index contributed by atoms with van der Waals surface area (Å²) in [5, 5.41) is 0. The van der Waals surface area contributed by atoms with Gasteiger partial charge in [-0.3, -0.25) is 4.90 Å². The van der Waals surface area contributed by atoms with Gasteiger partial charge in [-0.1, -0.05) is 13.8 Å². The minimum absolute atomic E-state index is 0.0227. The van der Waals surface area contributed by atoms with Gasteiger partial charge in [0.2, 0.25) is 0 Å². The largest absolute Gasteiger partial charge is 0.324 e. The summed E-state index contributed by atoms with van der Waals surface area (Å²) in [6, 6.07) is 0.719. The molecule has 0 aliphatic carbocycles. The lowest BCUT2D eigenvalue weighted by Gasteiger charge is -2.36. The molecular weight excluding hydrogens is 198 g/mol. The summed E-state index contributed by atoms with van der Waals surface area (Å²) in [7, 11) is 4.32. The molecule has 1 heterocycles. The first kappa shape index (κ1) is 13.9. The average Bonchev–Trinajstić information content (AvgIpc) is 2.64. The van der Waals surface area contributed by atoms with Gasteiger partial charge in [0.1, 0.15) is 0 Å². The van der Waals surface area contributed by atoms with Crippen molar-refractivity contribution in [3.63, 3.8) is 0 Å². The van der Waals surface area contributed by atoms with Crippen LogP contribution in [0.1, 0.15) is 39.5 Å². The standard InChI is InChI=1S/C13H29N3/c1-5-13(14,6-2)11-16-9-7-8-12(16)10-15(3)4/h12H,5-11,14H2,1-4H3. The molecule has 1 fully saturated rings. The van der Waals surface area contributed by atoms with Crippen molar-refractivity contribution >= 4 is 0 Å². The molecule has 1 saturated heterocycles. The van der Waals surface area contributed by atoms with Crippen molar-refractivity contribution in [1.29, 1.82) is 0 Å². The van der Waals surface area contributed by atoms with Crippen LogP contribution in [0.2, 0.25) is 0 Å². The highest BCUT2D eigenvalue weighted by Gasteiger charge is 2.31. The number of hydrogen-bond donors (Lipinski definition) is 1. The summed E-state index contributed by atoms with van der Waals surface area (Å²) in [5.41, 5.74) is 6.44. The minimum Gasteiger partial charge on any atom is -0.324 e. The molecule has 1 rings (SSSR count). The molecule has 0 aromatic heterocycles. The second kappa shape index (κ2) is 5.99. The van der Waals surface area contributed by atoms with Crippen LogP contribution >= 0.6 is 0 Å². The van der Waals surface area contributed by atoms with Gasteiger partial charge in [0.05, 0.1) is 0 Å². The molecule has 16 heavy (non-hydrogen) atoms.